The third-order valence-corrected chi connectivity index (χ3v) is 3.58. The zero-order valence-electron chi connectivity index (χ0n) is 13.6. The van der Waals surface area contributed by atoms with E-state index in [9.17, 15) is 14.9 Å². The maximum Gasteiger partial charge on any atom is 0.269 e. The minimum absolute atomic E-state index is 0.0343. The molecule has 2 aromatic rings. The standard InChI is InChI=1S/C17H18ClN3O4/c1-12(25-16-8-2-13(18)3-9-16)17(22)20-11-10-19-14-4-6-15(7-5-14)21(23)24/h2-9,12,19H,10-11H2,1H3,(H,20,22)/t12-/m0/s1. The van der Waals surface area contributed by atoms with Crippen molar-refractivity contribution in [2.45, 2.75) is 13.0 Å². The van der Waals surface area contributed by atoms with E-state index in [0.29, 0.717) is 23.9 Å². The van der Waals surface area contributed by atoms with Crippen LogP contribution in [0, 0.1) is 10.1 Å². The quantitative estimate of drug-likeness (QED) is 0.426. The van der Waals surface area contributed by atoms with E-state index >= 15 is 0 Å². The van der Waals surface area contributed by atoms with E-state index in [2.05, 4.69) is 10.6 Å². The van der Waals surface area contributed by atoms with Crippen LogP contribution >= 0.6 is 11.6 Å². The van der Waals surface area contributed by atoms with Crippen LogP contribution in [0.2, 0.25) is 5.02 Å². The number of nitrogens with one attached hydrogen (secondary N) is 2. The van der Waals surface area contributed by atoms with Gasteiger partial charge in [0.1, 0.15) is 5.75 Å². The molecule has 1 amide bonds. The lowest BCUT2D eigenvalue weighted by Crippen LogP contribution is -2.38. The van der Waals surface area contributed by atoms with Crippen molar-refractivity contribution in [2.24, 2.45) is 0 Å². The van der Waals surface area contributed by atoms with Gasteiger partial charge in [0.2, 0.25) is 0 Å². The number of nitro benzene ring substituents is 1. The number of amides is 1. The number of anilines is 1. The molecule has 2 aromatic carbocycles. The summed E-state index contributed by atoms with van der Waals surface area (Å²) in [5.41, 5.74) is 0.775. The Bertz CT molecular complexity index is 720. The summed E-state index contributed by atoms with van der Waals surface area (Å²) in [5, 5.41) is 17.0. The van der Waals surface area contributed by atoms with Gasteiger partial charge in [-0.25, -0.2) is 0 Å². The van der Waals surface area contributed by atoms with E-state index in [-0.39, 0.29) is 11.6 Å². The Kier molecular flexibility index (Phi) is 6.59. The molecule has 0 fully saturated rings. The summed E-state index contributed by atoms with van der Waals surface area (Å²) in [6, 6.07) is 12.8. The van der Waals surface area contributed by atoms with Crippen LogP contribution in [0.5, 0.6) is 5.75 Å². The van der Waals surface area contributed by atoms with Crippen LogP contribution in [0.25, 0.3) is 0 Å². The summed E-state index contributed by atoms with van der Waals surface area (Å²) in [6.07, 6.45) is -0.638. The monoisotopic (exact) mass is 363 g/mol. The van der Waals surface area contributed by atoms with Gasteiger partial charge in [-0.15, -0.1) is 0 Å². The lowest BCUT2D eigenvalue weighted by molar-refractivity contribution is -0.384. The van der Waals surface area contributed by atoms with Crippen molar-refractivity contribution in [3.8, 4) is 5.75 Å². The summed E-state index contributed by atoms with van der Waals surface area (Å²) in [5.74, 6) is 0.330. The maximum atomic E-state index is 12.0. The lowest BCUT2D eigenvalue weighted by Gasteiger charge is -2.15. The van der Waals surface area contributed by atoms with Gasteiger partial charge in [-0.3, -0.25) is 14.9 Å². The molecule has 132 valence electrons. The normalized spacial score (nSPS) is 11.4. The molecular weight excluding hydrogens is 346 g/mol. The van der Waals surface area contributed by atoms with E-state index in [1.807, 2.05) is 0 Å². The first-order valence-corrected chi connectivity index (χ1v) is 8.02. The molecule has 0 spiro atoms. The average Bonchev–Trinajstić information content (AvgIpc) is 2.60. The zero-order valence-corrected chi connectivity index (χ0v) is 14.3. The van der Waals surface area contributed by atoms with Gasteiger partial charge < -0.3 is 15.4 Å². The molecule has 0 saturated heterocycles. The van der Waals surface area contributed by atoms with Crippen molar-refractivity contribution in [2.75, 3.05) is 18.4 Å². The van der Waals surface area contributed by atoms with Gasteiger partial charge in [0.25, 0.3) is 11.6 Å². The highest BCUT2D eigenvalue weighted by atomic mass is 35.5. The van der Waals surface area contributed by atoms with Gasteiger partial charge in [0.15, 0.2) is 6.10 Å². The largest absolute Gasteiger partial charge is 0.481 e. The number of benzene rings is 2. The molecule has 0 bridgehead atoms. The van der Waals surface area contributed by atoms with Gasteiger partial charge in [0.05, 0.1) is 4.92 Å². The van der Waals surface area contributed by atoms with Crippen LogP contribution in [-0.2, 0) is 4.79 Å². The molecule has 7 nitrogen and oxygen atoms in total. The number of halogens is 1. The molecule has 2 N–H and O–H groups in total. The third-order valence-electron chi connectivity index (χ3n) is 3.33. The summed E-state index contributed by atoms with van der Waals surface area (Å²) in [6.45, 7) is 2.54. The van der Waals surface area contributed by atoms with Crippen LogP contribution in [0.3, 0.4) is 0 Å². The molecule has 1 atom stereocenters. The minimum Gasteiger partial charge on any atom is -0.481 e. The number of hydrogen-bond donors (Lipinski definition) is 2. The molecular formula is C17H18ClN3O4. The Hall–Kier alpha value is -2.80. The van der Waals surface area contributed by atoms with Gasteiger partial charge in [-0.05, 0) is 43.3 Å². The fourth-order valence-electron chi connectivity index (χ4n) is 2.01. The second-order valence-electron chi connectivity index (χ2n) is 5.24. The van der Waals surface area contributed by atoms with E-state index < -0.39 is 11.0 Å². The van der Waals surface area contributed by atoms with Gasteiger partial charge in [-0.2, -0.15) is 0 Å². The number of ether oxygens (including phenoxy) is 1. The molecule has 0 aliphatic carbocycles. The number of hydrogen-bond acceptors (Lipinski definition) is 5. The Morgan fingerprint density at radius 3 is 2.40 bits per heavy atom. The fourth-order valence-corrected chi connectivity index (χ4v) is 2.13. The number of carbonyl (C=O) groups is 1. The second kappa shape index (κ2) is 8.89. The molecule has 25 heavy (non-hydrogen) atoms. The molecule has 0 aliphatic heterocycles. The fraction of sp³-hybridized carbons (Fsp3) is 0.235. The Labute approximate surface area is 150 Å². The van der Waals surface area contributed by atoms with E-state index in [0.717, 1.165) is 5.69 Å². The SMILES string of the molecule is C[C@H](Oc1ccc(Cl)cc1)C(=O)NCCNc1ccc([N+](=O)[O-])cc1. The molecule has 2 rings (SSSR count). The molecule has 8 heteroatoms. The molecule has 0 radical (unpaired) electrons. The third kappa shape index (κ3) is 5.96. The molecule has 0 heterocycles. The Morgan fingerprint density at radius 1 is 1.16 bits per heavy atom. The minimum atomic E-state index is -0.638. The first-order chi connectivity index (χ1) is 12.0. The van der Waals surface area contributed by atoms with Crippen molar-refractivity contribution in [1.82, 2.24) is 5.32 Å². The number of nitro groups is 1. The predicted molar refractivity (Wildman–Crippen MR) is 96.1 cm³/mol. The zero-order chi connectivity index (χ0) is 18.2. The highest BCUT2D eigenvalue weighted by Gasteiger charge is 2.13. The van der Waals surface area contributed by atoms with Crippen molar-refractivity contribution < 1.29 is 14.5 Å². The van der Waals surface area contributed by atoms with Crippen LogP contribution in [-0.4, -0.2) is 30.0 Å². The highest BCUT2D eigenvalue weighted by molar-refractivity contribution is 6.30. The highest BCUT2D eigenvalue weighted by Crippen LogP contribution is 2.17. The lowest BCUT2D eigenvalue weighted by atomic mass is 10.3. The van der Waals surface area contributed by atoms with Crippen molar-refractivity contribution >= 4 is 28.9 Å². The van der Waals surface area contributed by atoms with Gasteiger partial charge in [-0.1, -0.05) is 11.6 Å². The van der Waals surface area contributed by atoms with E-state index in [1.165, 1.54) is 12.1 Å². The van der Waals surface area contributed by atoms with Crippen molar-refractivity contribution in [3.63, 3.8) is 0 Å². The van der Waals surface area contributed by atoms with Crippen molar-refractivity contribution in [3.05, 3.63) is 63.7 Å². The van der Waals surface area contributed by atoms with E-state index in [1.54, 1.807) is 43.3 Å². The van der Waals surface area contributed by atoms with Crippen LogP contribution < -0.4 is 15.4 Å². The summed E-state index contributed by atoms with van der Waals surface area (Å²) in [4.78, 5) is 22.1. The van der Waals surface area contributed by atoms with Gasteiger partial charge in [0, 0.05) is 35.9 Å². The average molecular weight is 364 g/mol. The predicted octanol–water partition coefficient (Wildman–Crippen LogP) is 3.24. The first kappa shape index (κ1) is 18.5. The molecule has 0 aliphatic rings. The maximum absolute atomic E-state index is 12.0. The second-order valence-corrected chi connectivity index (χ2v) is 5.67. The molecule has 0 unspecified atom stereocenters. The van der Waals surface area contributed by atoms with E-state index in [4.69, 9.17) is 16.3 Å². The number of carbonyl (C=O) groups excluding carboxylic acids is 1. The Morgan fingerprint density at radius 2 is 1.80 bits per heavy atom. The number of nitrogens with zero attached hydrogens (tertiary/aromatic N) is 1. The summed E-state index contributed by atoms with van der Waals surface area (Å²) < 4.78 is 5.53. The van der Waals surface area contributed by atoms with Crippen molar-refractivity contribution in [1.29, 1.82) is 0 Å². The summed E-state index contributed by atoms with van der Waals surface area (Å²) in [7, 11) is 0. The summed E-state index contributed by atoms with van der Waals surface area (Å²) >= 11 is 5.79. The van der Waals surface area contributed by atoms with Crippen LogP contribution in [0.1, 0.15) is 6.92 Å². The smallest absolute Gasteiger partial charge is 0.269 e. The topological polar surface area (TPSA) is 93.5 Å². The number of rotatable bonds is 8. The first-order valence-electron chi connectivity index (χ1n) is 7.64. The molecule has 0 saturated carbocycles. The van der Waals surface area contributed by atoms with Crippen LogP contribution in [0.4, 0.5) is 11.4 Å². The van der Waals surface area contributed by atoms with Crippen LogP contribution in [0.15, 0.2) is 48.5 Å². The van der Waals surface area contributed by atoms with Gasteiger partial charge >= 0.3 is 0 Å². The molecule has 0 aromatic heterocycles. The Balaban J connectivity index is 1.70. The number of non-ortho nitro benzene ring substituents is 1.